The van der Waals surface area contributed by atoms with E-state index in [1.54, 1.807) is 4.68 Å². The van der Waals surface area contributed by atoms with E-state index in [1.165, 1.54) is 0 Å². The zero-order valence-electron chi connectivity index (χ0n) is 7.23. The van der Waals surface area contributed by atoms with Gasteiger partial charge in [0.2, 0.25) is 0 Å². The molecule has 0 aliphatic rings. The van der Waals surface area contributed by atoms with Gasteiger partial charge in [-0.1, -0.05) is 11.3 Å². The van der Waals surface area contributed by atoms with Crippen molar-refractivity contribution in [2.45, 2.75) is 6.42 Å². The lowest BCUT2D eigenvalue weighted by Crippen LogP contribution is -1.90. The molecule has 0 saturated heterocycles. The first-order chi connectivity index (χ1) is 6.31. The zero-order chi connectivity index (χ0) is 9.26. The van der Waals surface area contributed by atoms with Gasteiger partial charge in [0.25, 0.3) is 0 Å². The lowest BCUT2D eigenvalue weighted by molar-refractivity contribution is 0.736. The first-order valence-electron chi connectivity index (χ1n) is 3.96. The van der Waals surface area contributed by atoms with Crippen LogP contribution < -0.4 is 0 Å². The summed E-state index contributed by atoms with van der Waals surface area (Å²) in [4.78, 5) is 0. The summed E-state index contributed by atoms with van der Waals surface area (Å²) in [5, 5.41) is 16.4. The topological polar surface area (TPSA) is 54.5 Å². The summed E-state index contributed by atoms with van der Waals surface area (Å²) in [6, 6.07) is 7.84. The minimum absolute atomic E-state index is 0.432. The predicted molar refractivity (Wildman–Crippen MR) is 47.8 cm³/mol. The summed E-state index contributed by atoms with van der Waals surface area (Å²) >= 11 is 0. The summed E-state index contributed by atoms with van der Waals surface area (Å²) < 4.78 is 1.70. The molecule has 4 heteroatoms. The average Bonchev–Trinajstić information content (AvgIpc) is 2.49. The van der Waals surface area contributed by atoms with E-state index in [0.29, 0.717) is 6.42 Å². The van der Waals surface area contributed by atoms with Crippen LogP contribution in [-0.2, 0) is 13.5 Å². The van der Waals surface area contributed by atoms with Crippen molar-refractivity contribution < 1.29 is 0 Å². The van der Waals surface area contributed by atoms with Gasteiger partial charge in [0.15, 0.2) is 0 Å². The first kappa shape index (κ1) is 7.74. The van der Waals surface area contributed by atoms with Gasteiger partial charge in [-0.15, -0.1) is 5.10 Å². The molecule has 0 unspecified atom stereocenters. The highest BCUT2D eigenvalue weighted by Gasteiger charge is 2.01. The Morgan fingerprint density at radius 2 is 2.38 bits per heavy atom. The summed E-state index contributed by atoms with van der Waals surface area (Å²) in [5.41, 5.74) is 2.83. The highest BCUT2D eigenvalue weighted by molar-refractivity contribution is 5.74. The van der Waals surface area contributed by atoms with Crippen LogP contribution in [0.5, 0.6) is 0 Å². The molecule has 0 aliphatic carbocycles. The van der Waals surface area contributed by atoms with Crippen LogP contribution in [0.2, 0.25) is 0 Å². The van der Waals surface area contributed by atoms with Crippen LogP contribution in [-0.4, -0.2) is 15.0 Å². The second kappa shape index (κ2) is 2.87. The van der Waals surface area contributed by atoms with E-state index in [9.17, 15) is 0 Å². The molecule has 64 valence electrons. The van der Waals surface area contributed by atoms with Crippen LogP contribution in [0.15, 0.2) is 18.2 Å². The van der Waals surface area contributed by atoms with E-state index in [2.05, 4.69) is 16.4 Å². The maximum absolute atomic E-state index is 8.52. The number of fused-ring (bicyclic) bond motifs is 1. The van der Waals surface area contributed by atoms with Gasteiger partial charge >= 0.3 is 0 Å². The fraction of sp³-hybridized carbons (Fsp3) is 0.222. The number of aromatic nitrogens is 3. The summed E-state index contributed by atoms with van der Waals surface area (Å²) in [5.74, 6) is 0. The lowest BCUT2D eigenvalue weighted by Gasteiger charge is -1.94. The molecule has 2 rings (SSSR count). The molecule has 1 aromatic carbocycles. The molecule has 13 heavy (non-hydrogen) atoms. The molecule has 0 N–H and O–H groups in total. The Balaban J connectivity index is 2.60. The number of rotatable bonds is 1. The molecule has 1 aromatic heterocycles. The Hall–Kier alpha value is -1.89. The Morgan fingerprint density at radius 1 is 1.54 bits per heavy atom. The van der Waals surface area contributed by atoms with Crippen LogP contribution in [0.4, 0.5) is 0 Å². The predicted octanol–water partition coefficient (Wildman–Crippen LogP) is 1.03. The second-order valence-corrected chi connectivity index (χ2v) is 2.87. The standard InChI is InChI=1S/C9H8N4/c1-13-9-6-7(4-5-10)2-3-8(9)11-12-13/h2-3,6H,4H2,1H3. The van der Waals surface area contributed by atoms with E-state index < -0.39 is 0 Å². The molecule has 0 saturated carbocycles. The van der Waals surface area contributed by atoms with Gasteiger partial charge in [-0.25, -0.2) is 4.68 Å². The van der Waals surface area contributed by atoms with Crippen LogP contribution in [0.25, 0.3) is 11.0 Å². The number of hydrogen-bond acceptors (Lipinski definition) is 3. The molecule has 0 bridgehead atoms. The number of aryl methyl sites for hydroxylation is 1. The van der Waals surface area contributed by atoms with Crippen molar-refractivity contribution in [3.63, 3.8) is 0 Å². The highest BCUT2D eigenvalue weighted by atomic mass is 15.4. The normalized spacial score (nSPS) is 10.2. The van der Waals surface area contributed by atoms with Gasteiger partial charge in [0.1, 0.15) is 5.52 Å². The average molecular weight is 172 g/mol. The molecule has 0 radical (unpaired) electrons. The minimum atomic E-state index is 0.432. The first-order valence-corrected chi connectivity index (χ1v) is 3.96. The van der Waals surface area contributed by atoms with E-state index in [0.717, 1.165) is 16.6 Å². The third-order valence-corrected chi connectivity index (χ3v) is 1.96. The van der Waals surface area contributed by atoms with Crippen molar-refractivity contribution in [3.05, 3.63) is 23.8 Å². The molecule has 2 aromatic rings. The smallest absolute Gasteiger partial charge is 0.113 e. The van der Waals surface area contributed by atoms with Crippen molar-refractivity contribution in [3.8, 4) is 6.07 Å². The van der Waals surface area contributed by atoms with E-state index in [1.807, 2.05) is 25.2 Å². The molecule has 4 nitrogen and oxygen atoms in total. The Labute approximate surface area is 75.4 Å². The summed E-state index contributed by atoms with van der Waals surface area (Å²) in [6.07, 6.45) is 0.432. The molecule has 0 atom stereocenters. The largest absolute Gasteiger partial charge is 0.248 e. The van der Waals surface area contributed by atoms with Crippen molar-refractivity contribution in [1.29, 1.82) is 5.26 Å². The molecule has 1 heterocycles. The SMILES string of the molecule is Cn1nnc2ccc(CC#N)cc21. The number of benzene rings is 1. The fourth-order valence-corrected chi connectivity index (χ4v) is 1.28. The number of nitrogens with zero attached hydrogens (tertiary/aromatic N) is 4. The zero-order valence-corrected chi connectivity index (χ0v) is 7.23. The van der Waals surface area contributed by atoms with Gasteiger partial charge in [-0.3, -0.25) is 0 Å². The van der Waals surface area contributed by atoms with Crippen LogP contribution in [0, 0.1) is 11.3 Å². The van der Waals surface area contributed by atoms with Crippen LogP contribution >= 0.6 is 0 Å². The van der Waals surface area contributed by atoms with Crippen molar-refractivity contribution >= 4 is 11.0 Å². The minimum Gasteiger partial charge on any atom is -0.248 e. The molecule has 0 spiro atoms. The molecular formula is C9H8N4. The summed E-state index contributed by atoms with van der Waals surface area (Å²) in [6.45, 7) is 0. The highest BCUT2D eigenvalue weighted by Crippen LogP contribution is 2.12. The molecule has 0 aliphatic heterocycles. The van der Waals surface area contributed by atoms with Gasteiger partial charge in [-0.05, 0) is 17.7 Å². The maximum atomic E-state index is 8.52. The van der Waals surface area contributed by atoms with Gasteiger partial charge in [0, 0.05) is 7.05 Å². The molecule has 0 fully saturated rings. The van der Waals surface area contributed by atoms with Crippen LogP contribution in [0.3, 0.4) is 0 Å². The maximum Gasteiger partial charge on any atom is 0.113 e. The third kappa shape index (κ3) is 1.25. The van der Waals surface area contributed by atoms with Crippen molar-refractivity contribution in [1.82, 2.24) is 15.0 Å². The van der Waals surface area contributed by atoms with E-state index in [-0.39, 0.29) is 0 Å². The van der Waals surface area contributed by atoms with Gasteiger partial charge in [0.05, 0.1) is 18.0 Å². The summed E-state index contributed by atoms with van der Waals surface area (Å²) in [7, 11) is 1.84. The van der Waals surface area contributed by atoms with Crippen LogP contribution in [0.1, 0.15) is 5.56 Å². The van der Waals surface area contributed by atoms with Gasteiger partial charge < -0.3 is 0 Å². The third-order valence-electron chi connectivity index (χ3n) is 1.96. The van der Waals surface area contributed by atoms with E-state index >= 15 is 0 Å². The monoisotopic (exact) mass is 172 g/mol. The Kier molecular flexibility index (Phi) is 1.71. The number of nitriles is 1. The van der Waals surface area contributed by atoms with Crippen molar-refractivity contribution in [2.75, 3.05) is 0 Å². The van der Waals surface area contributed by atoms with E-state index in [4.69, 9.17) is 5.26 Å². The number of hydrogen-bond donors (Lipinski definition) is 0. The lowest BCUT2D eigenvalue weighted by atomic mass is 10.1. The molecule has 0 amide bonds. The fourth-order valence-electron chi connectivity index (χ4n) is 1.28. The quantitative estimate of drug-likeness (QED) is 0.645. The van der Waals surface area contributed by atoms with Gasteiger partial charge in [-0.2, -0.15) is 5.26 Å². The second-order valence-electron chi connectivity index (χ2n) is 2.87. The Bertz CT molecular complexity index is 478. The molecular weight excluding hydrogens is 164 g/mol. The van der Waals surface area contributed by atoms with Crippen molar-refractivity contribution in [2.24, 2.45) is 7.05 Å². The Morgan fingerprint density at radius 3 is 3.15 bits per heavy atom.